The van der Waals surface area contributed by atoms with Crippen molar-refractivity contribution in [3.63, 3.8) is 0 Å². The molecule has 30 heavy (non-hydrogen) atoms. The van der Waals surface area contributed by atoms with Gasteiger partial charge in [-0.3, -0.25) is 15.1 Å². The minimum Gasteiger partial charge on any atom is -0.359 e. The monoisotopic (exact) mass is 425 g/mol. The molecule has 156 valence electrons. The van der Waals surface area contributed by atoms with Gasteiger partial charge in [0.2, 0.25) is 0 Å². The van der Waals surface area contributed by atoms with Crippen LogP contribution in [0.15, 0.2) is 63.0 Å². The van der Waals surface area contributed by atoms with Crippen molar-refractivity contribution >= 4 is 35.2 Å². The van der Waals surface area contributed by atoms with Gasteiger partial charge in [0.05, 0.1) is 0 Å². The number of anilines is 2. The average molecular weight is 426 g/mol. The smallest absolute Gasteiger partial charge is 0.324 e. The first-order valence-electron chi connectivity index (χ1n) is 9.26. The summed E-state index contributed by atoms with van der Waals surface area (Å²) in [5.41, 5.74) is 0.774. The van der Waals surface area contributed by atoms with Gasteiger partial charge in [0.15, 0.2) is 5.82 Å². The van der Waals surface area contributed by atoms with E-state index in [4.69, 9.17) is 4.52 Å². The Kier molecular flexibility index (Phi) is 6.41. The van der Waals surface area contributed by atoms with Gasteiger partial charge in [0, 0.05) is 40.2 Å². The van der Waals surface area contributed by atoms with Crippen LogP contribution in [0.2, 0.25) is 0 Å². The highest BCUT2D eigenvalue weighted by Gasteiger charge is 2.20. The maximum absolute atomic E-state index is 12.3. The molecule has 0 aliphatic heterocycles. The molecule has 2 aromatic heterocycles. The summed E-state index contributed by atoms with van der Waals surface area (Å²) < 4.78 is 5.27. The van der Waals surface area contributed by atoms with Crippen molar-refractivity contribution in [1.82, 2.24) is 15.5 Å². The number of pyridine rings is 1. The number of aromatic nitrogens is 2. The van der Waals surface area contributed by atoms with E-state index >= 15 is 0 Å². The van der Waals surface area contributed by atoms with E-state index in [2.05, 4.69) is 26.1 Å². The molecular formula is C21H23N5O3S. The summed E-state index contributed by atoms with van der Waals surface area (Å²) in [4.78, 5) is 29.9. The van der Waals surface area contributed by atoms with E-state index in [0.29, 0.717) is 23.0 Å². The second-order valence-corrected chi connectivity index (χ2v) is 8.64. The van der Waals surface area contributed by atoms with Gasteiger partial charge in [-0.25, -0.2) is 4.79 Å². The second-order valence-electron chi connectivity index (χ2n) is 7.49. The summed E-state index contributed by atoms with van der Waals surface area (Å²) >= 11 is 1.46. The third-order valence-corrected chi connectivity index (χ3v) is 4.99. The average Bonchev–Trinajstić information content (AvgIpc) is 3.16. The molecule has 0 aliphatic carbocycles. The third-order valence-electron chi connectivity index (χ3n) is 4.01. The van der Waals surface area contributed by atoms with Gasteiger partial charge in [-0.15, -0.1) is 0 Å². The summed E-state index contributed by atoms with van der Waals surface area (Å²) in [6.45, 7) is 6.00. The van der Waals surface area contributed by atoms with Crippen LogP contribution in [0.3, 0.4) is 0 Å². The molecule has 3 rings (SSSR count). The minimum atomic E-state index is -0.420. The molecule has 8 nitrogen and oxygen atoms in total. The first-order valence-corrected chi connectivity index (χ1v) is 10.1. The quantitative estimate of drug-likeness (QED) is 0.554. The first kappa shape index (κ1) is 21.4. The van der Waals surface area contributed by atoms with Crippen LogP contribution in [-0.4, -0.2) is 29.1 Å². The molecule has 0 unspecified atom stereocenters. The summed E-state index contributed by atoms with van der Waals surface area (Å²) in [6, 6.07) is 12.2. The van der Waals surface area contributed by atoms with Crippen LogP contribution >= 0.6 is 11.8 Å². The van der Waals surface area contributed by atoms with Gasteiger partial charge in [0.25, 0.3) is 5.91 Å². The maximum atomic E-state index is 12.3. The number of nitrogens with zero attached hydrogens (tertiary/aromatic N) is 2. The standard InChI is InChI=1S/C21H23N5O3S/c1-21(2,3)17-12-18(26-29-17)25-20(28)24-13-6-5-7-14(10-13)30-15-8-9-23-16(11-15)19(27)22-4/h5-12H,1-4H3,(H,22,27)(H2,24,25,26,28). The van der Waals surface area contributed by atoms with E-state index in [0.717, 1.165) is 9.79 Å². The fraction of sp³-hybridized carbons (Fsp3) is 0.238. The van der Waals surface area contributed by atoms with Gasteiger partial charge in [-0.05, 0) is 30.3 Å². The molecule has 3 aromatic rings. The Balaban J connectivity index is 1.65. The lowest BCUT2D eigenvalue weighted by atomic mass is 9.93. The van der Waals surface area contributed by atoms with E-state index in [1.807, 2.05) is 45.0 Å². The SMILES string of the molecule is CNC(=O)c1cc(Sc2cccc(NC(=O)Nc3cc(C(C)(C)C)on3)c2)ccn1. The second kappa shape index (κ2) is 9.00. The lowest BCUT2D eigenvalue weighted by Gasteiger charge is -2.12. The van der Waals surface area contributed by atoms with Crippen LogP contribution in [0.5, 0.6) is 0 Å². The number of hydrogen-bond acceptors (Lipinski definition) is 6. The van der Waals surface area contributed by atoms with E-state index in [-0.39, 0.29) is 11.3 Å². The highest BCUT2D eigenvalue weighted by atomic mass is 32.2. The normalized spacial score (nSPS) is 11.1. The molecule has 3 amide bonds. The Morgan fingerprint density at radius 2 is 1.80 bits per heavy atom. The fourth-order valence-corrected chi connectivity index (χ4v) is 3.37. The molecule has 0 bridgehead atoms. The number of benzene rings is 1. The van der Waals surface area contributed by atoms with E-state index in [1.54, 1.807) is 31.4 Å². The third kappa shape index (κ3) is 5.60. The minimum absolute atomic E-state index is 0.195. The zero-order chi connectivity index (χ0) is 21.7. The number of carbonyl (C=O) groups is 2. The zero-order valence-electron chi connectivity index (χ0n) is 17.1. The molecular weight excluding hydrogens is 402 g/mol. The van der Waals surface area contributed by atoms with Gasteiger partial charge < -0.3 is 15.2 Å². The highest BCUT2D eigenvalue weighted by Crippen LogP contribution is 2.29. The van der Waals surface area contributed by atoms with Gasteiger partial charge in [-0.1, -0.05) is 43.8 Å². The largest absolute Gasteiger partial charge is 0.359 e. The molecule has 0 fully saturated rings. The van der Waals surface area contributed by atoms with Crippen molar-refractivity contribution < 1.29 is 14.1 Å². The Hall–Kier alpha value is -3.33. The number of amides is 3. The number of nitrogens with one attached hydrogen (secondary N) is 3. The molecule has 0 saturated carbocycles. The van der Waals surface area contributed by atoms with E-state index in [9.17, 15) is 9.59 Å². The predicted octanol–water partition coefficient (Wildman–Crippen LogP) is 4.52. The van der Waals surface area contributed by atoms with E-state index in [1.165, 1.54) is 11.8 Å². The molecule has 0 saturated heterocycles. The Morgan fingerprint density at radius 1 is 1.03 bits per heavy atom. The molecule has 0 spiro atoms. The van der Waals surface area contributed by atoms with Gasteiger partial charge in [-0.2, -0.15) is 0 Å². The highest BCUT2D eigenvalue weighted by molar-refractivity contribution is 7.99. The van der Waals surface area contributed by atoms with Crippen LogP contribution in [-0.2, 0) is 5.41 Å². The van der Waals surface area contributed by atoms with Crippen LogP contribution in [0.1, 0.15) is 37.0 Å². The Labute approximate surface area is 178 Å². The number of hydrogen-bond donors (Lipinski definition) is 3. The Morgan fingerprint density at radius 3 is 2.50 bits per heavy atom. The lowest BCUT2D eigenvalue weighted by Crippen LogP contribution is -2.19. The maximum Gasteiger partial charge on any atom is 0.324 e. The molecule has 2 heterocycles. The summed E-state index contributed by atoms with van der Waals surface area (Å²) in [5, 5.41) is 11.9. The molecule has 1 aromatic carbocycles. The summed E-state index contributed by atoms with van der Waals surface area (Å²) in [5.74, 6) is 0.790. The fourth-order valence-electron chi connectivity index (χ4n) is 2.47. The molecule has 0 aliphatic rings. The topological polar surface area (TPSA) is 109 Å². The zero-order valence-corrected chi connectivity index (χ0v) is 18.0. The van der Waals surface area contributed by atoms with Crippen molar-refractivity contribution in [3.05, 3.63) is 60.1 Å². The molecule has 0 atom stereocenters. The lowest BCUT2D eigenvalue weighted by molar-refractivity contribution is 0.0958. The van der Waals surface area contributed by atoms with Crippen molar-refractivity contribution in [2.24, 2.45) is 0 Å². The van der Waals surface area contributed by atoms with Crippen LogP contribution in [0, 0.1) is 0 Å². The number of rotatable bonds is 5. The predicted molar refractivity (Wildman–Crippen MR) is 116 cm³/mol. The van der Waals surface area contributed by atoms with Gasteiger partial charge in [0.1, 0.15) is 11.5 Å². The summed E-state index contributed by atoms with van der Waals surface area (Å²) in [7, 11) is 1.56. The number of urea groups is 1. The molecule has 0 radical (unpaired) electrons. The van der Waals surface area contributed by atoms with Crippen molar-refractivity contribution in [1.29, 1.82) is 0 Å². The van der Waals surface area contributed by atoms with Crippen molar-refractivity contribution in [2.45, 2.75) is 36.0 Å². The number of carbonyl (C=O) groups excluding carboxylic acids is 2. The van der Waals surface area contributed by atoms with Gasteiger partial charge >= 0.3 is 6.03 Å². The first-order chi connectivity index (χ1) is 14.2. The van der Waals surface area contributed by atoms with Crippen LogP contribution in [0.25, 0.3) is 0 Å². The van der Waals surface area contributed by atoms with Crippen LogP contribution < -0.4 is 16.0 Å². The molecule has 3 N–H and O–H groups in total. The van der Waals surface area contributed by atoms with Crippen molar-refractivity contribution in [2.75, 3.05) is 17.7 Å². The van der Waals surface area contributed by atoms with E-state index < -0.39 is 6.03 Å². The van der Waals surface area contributed by atoms with Crippen LogP contribution in [0.4, 0.5) is 16.3 Å². The summed E-state index contributed by atoms with van der Waals surface area (Å²) in [6.07, 6.45) is 1.59. The molecule has 9 heteroatoms. The Bertz CT molecular complexity index is 1060. The van der Waals surface area contributed by atoms with Crippen molar-refractivity contribution in [3.8, 4) is 0 Å².